The van der Waals surface area contributed by atoms with Crippen molar-refractivity contribution in [3.05, 3.63) is 36.5 Å². The van der Waals surface area contributed by atoms with E-state index in [9.17, 15) is 0 Å². The highest BCUT2D eigenvalue weighted by Gasteiger charge is 1.93. The Bertz CT molecular complexity index is 379. The lowest BCUT2D eigenvalue weighted by molar-refractivity contribution is 1.42. The molecule has 0 aliphatic heterocycles. The van der Waals surface area contributed by atoms with Crippen LogP contribution in [-0.4, -0.2) is 4.98 Å². The maximum absolute atomic E-state index is 4.23. The summed E-state index contributed by atoms with van der Waals surface area (Å²) in [5.41, 5.74) is 1.06. The molecule has 0 aliphatic rings. The highest BCUT2D eigenvalue weighted by Crippen LogP contribution is 2.09. The van der Waals surface area contributed by atoms with Crippen LogP contribution in [-0.2, 0) is 0 Å². The van der Waals surface area contributed by atoms with Crippen LogP contribution in [0.15, 0.2) is 36.5 Å². The summed E-state index contributed by atoms with van der Waals surface area (Å²) in [6.07, 6.45) is 1.82. The number of hydrogen-bond donors (Lipinski definition) is 0. The van der Waals surface area contributed by atoms with Gasteiger partial charge in [-0.3, -0.25) is 4.98 Å². The van der Waals surface area contributed by atoms with Crippen LogP contribution >= 0.6 is 9.24 Å². The molecular weight excluding hydrogens is 153 g/mol. The third-order valence-electron chi connectivity index (χ3n) is 1.68. The quantitative estimate of drug-likeness (QED) is 0.536. The second-order valence-electron chi connectivity index (χ2n) is 2.42. The summed E-state index contributed by atoms with van der Waals surface area (Å²) in [7, 11) is 2.70. The number of pyridine rings is 1. The van der Waals surface area contributed by atoms with E-state index >= 15 is 0 Å². The van der Waals surface area contributed by atoms with Crippen molar-refractivity contribution in [2.75, 3.05) is 0 Å². The van der Waals surface area contributed by atoms with E-state index in [-0.39, 0.29) is 0 Å². The Hall–Kier alpha value is -0.940. The van der Waals surface area contributed by atoms with Crippen molar-refractivity contribution in [1.29, 1.82) is 0 Å². The Labute approximate surface area is 67.7 Å². The lowest BCUT2D eigenvalue weighted by atomic mass is 10.2. The minimum Gasteiger partial charge on any atom is -0.256 e. The van der Waals surface area contributed by atoms with E-state index in [4.69, 9.17) is 0 Å². The van der Waals surface area contributed by atoms with Gasteiger partial charge in [0, 0.05) is 11.6 Å². The molecule has 1 atom stereocenters. The summed E-state index contributed by atoms with van der Waals surface area (Å²) >= 11 is 0. The summed E-state index contributed by atoms with van der Waals surface area (Å²) in [6.45, 7) is 0. The van der Waals surface area contributed by atoms with Gasteiger partial charge in [0.25, 0.3) is 0 Å². The molecule has 1 heterocycles. The SMILES string of the molecule is Pc1ccnc2ccccc12. The van der Waals surface area contributed by atoms with E-state index in [2.05, 4.69) is 20.3 Å². The van der Waals surface area contributed by atoms with Gasteiger partial charge in [-0.05, 0) is 17.4 Å². The van der Waals surface area contributed by atoms with Crippen molar-refractivity contribution in [3.63, 3.8) is 0 Å². The molecule has 0 bridgehead atoms. The highest BCUT2D eigenvalue weighted by atomic mass is 31.0. The molecule has 1 nitrogen and oxygen atoms in total. The van der Waals surface area contributed by atoms with Crippen LogP contribution in [0.5, 0.6) is 0 Å². The number of nitrogens with zero attached hydrogens (tertiary/aromatic N) is 1. The fourth-order valence-electron chi connectivity index (χ4n) is 1.12. The number of benzene rings is 1. The fraction of sp³-hybridized carbons (Fsp3) is 0. The number of para-hydroxylation sites is 1. The lowest BCUT2D eigenvalue weighted by Crippen LogP contribution is -1.92. The molecule has 0 saturated heterocycles. The Morgan fingerprint density at radius 3 is 2.73 bits per heavy atom. The standard InChI is InChI=1S/C9H8NP/c11-9-5-6-10-8-4-2-1-3-7(8)9/h1-6H,11H2. The molecule has 0 N–H and O–H groups in total. The summed E-state index contributed by atoms with van der Waals surface area (Å²) in [6, 6.07) is 10.1. The molecule has 2 aromatic rings. The van der Waals surface area contributed by atoms with Crippen LogP contribution in [0.3, 0.4) is 0 Å². The normalized spacial score (nSPS) is 10.3. The molecule has 1 aromatic carbocycles. The summed E-state index contributed by atoms with van der Waals surface area (Å²) in [5.74, 6) is 0. The molecule has 0 radical (unpaired) electrons. The molecule has 1 unspecified atom stereocenters. The predicted molar refractivity (Wildman–Crippen MR) is 51.1 cm³/mol. The monoisotopic (exact) mass is 161 g/mol. The zero-order valence-corrected chi connectivity index (χ0v) is 7.14. The zero-order valence-electron chi connectivity index (χ0n) is 5.99. The van der Waals surface area contributed by atoms with Crippen molar-refractivity contribution in [2.24, 2.45) is 0 Å². The van der Waals surface area contributed by atoms with Gasteiger partial charge in [0.05, 0.1) is 5.52 Å². The van der Waals surface area contributed by atoms with Gasteiger partial charge in [-0.1, -0.05) is 18.2 Å². The van der Waals surface area contributed by atoms with Crippen LogP contribution in [0.4, 0.5) is 0 Å². The predicted octanol–water partition coefficient (Wildman–Crippen LogP) is 1.74. The number of fused-ring (bicyclic) bond motifs is 1. The van der Waals surface area contributed by atoms with Crippen LogP contribution in [0, 0.1) is 0 Å². The lowest BCUT2D eigenvalue weighted by Gasteiger charge is -1.97. The number of aromatic nitrogens is 1. The van der Waals surface area contributed by atoms with Gasteiger partial charge in [-0.15, -0.1) is 9.24 Å². The van der Waals surface area contributed by atoms with Gasteiger partial charge in [-0.25, -0.2) is 0 Å². The molecule has 0 aliphatic carbocycles. The largest absolute Gasteiger partial charge is 0.256 e. The van der Waals surface area contributed by atoms with Gasteiger partial charge in [-0.2, -0.15) is 0 Å². The first kappa shape index (κ1) is 6.75. The van der Waals surface area contributed by atoms with Crippen molar-refractivity contribution in [1.82, 2.24) is 4.98 Å². The number of rotatable bonds is 0. The first-order valence-electron chi connectivity index (χ1n) is 3.47. The van der Waals surface area contributed by atoms with E-state index < -0.39 is 0 Å². The molecular formula is C9H8NP. The van der Waals surface area contributed by atoms with Gasteiger partial charge >= 0.3 is 0 Å². The van der Waals surface area contributed by atoms with E-state index in [1.807, 2.05) is 30.5 Å². The van der Waals surface area contributed by atoms with E-state index in [0.29, 0.717) is 0 Å². The van der Waals surface area contributed by atoms with Crippen molar-refractivity contribution < 1.29 is 0 Å². The molecule has 0 fully saturated rings. The van der Waals surface area contributed by atoms with Crippen molar-refractivity contribution >= 4 is 25.4 Å². The highest BCUT2D eigenvalue weighted by molar-refractivity contribution is 7.28. The molecule has 1 aromatic heterocycles. The van der Waals surface area contributed by atoms with E-state index in [1.165, 1.54) is 10.7 Å². The maximum Gasteiger partial charge on any atom is 0.0708 e. The minimum atomic E-state index is 1.06. The van der Waals surface area contributed by atoms with Gasteiger partial charge in [0.2, 0.25) is 0 Å². The molecule has 0 amide bonds. The summed E-state index contributed by atoms with van der Waals surface area (Å²) < 4.78 is 0. The Kier molecular flexibility index (Phi) is 1.59. The topological polar surface area (TPSA) is 12.9 Å². The maximum atomic E-state index is 4.23. The van der Waals surface area contributed by atoms with Crippen LogP contribution < -0.4 is 5.30 Å². The summed E-state index contributed by atoms with van der Waals surface area (Å²) in [5, 5.41) is 2.41. The number of hydrogen-bond acceptors (Lipinski definition) is 1. The average Bonchev–Trinajstić information content (AvgIpc) is 2.06. The molecule has 2 rings (SSSR count). The van der Waals surface area contributed by atoms with E-state index in [0.717, 1.165) is 5.52 Å². The fourth-order valence-corrected chi connectivity index (χ4v) is 1.45. The van der Waals surface area contributed by atoms with Gasteiger partial charge in [0.1, 0.15) is 0 Å². The zero-order chi connectivity index (χ0) is 7.68. The first-order chi connectivity index (χ1) is 5.38. The van der Waals surface area contributed by atoms with Crippen molar-refractivity contribution in [3.8, 4) is 0 Å². The average molecular weight is 161 g/mol. The molecule has 11 heavy (non-hydrogen) atoms. The second kappa shape index (κ2) is 2.60. The molecule has 0 spiro atoms. The molecule has 0 saturated carbocycles. The Morgan fingerprint density at radius 2 is 1.91 bits per heavy atom. The van der Waals surface area contributed by atoms with E-state index in [1.54, 1.807) is 0 Å². The third-order valence-corrected chi connectivity index (χ3v) is 2.19. The van der Waals surface area contributed by atoms with Crippen LogP contribution in [0.1, 0.15) is 0 Å². The van der Waals surface area contributed by atoms with Gasteiger partial charge in [0.15, 0.2) is 0 Å². The summed E-state index contributed by atoms with van der Waals surface area (Å²) in [4.78, 5) is 4.23. The van der Waals surface area contributed by atoms with Crippen molar-refractivity contribution in [2.45, 2.75) is 0 Å². The molecule has 54 valence electrons. The minimum absolute atomic E-state index is 1.06. The van der Waals surface area contributed by atoms with Crippen LogP contribution in [0.25, 0.3) is 10.9 Å². The Balaban J connectivity index is 2.91. The smallest absolute Gasteiger partial charge is 0.0708 e. The molecule has 2 heteroatoms. The second-order valence-corrected chi connectivity index (χ2v) is 3.04. The van der Waals surface area contributed by atoms with Crippen LogP contribution in [0.2, 0.25) is 0 Å². The third kappa shape index (κ3) is 1.12. The Morgan fingerprint density at radius 1 is 1.09 bits per heavy atom. The first-order valence-corrected chi connectivity index (χ1v) is 4.05. The van der Waals surface area contributed by atoms with Gasteiger partial charge < -0.3 is 0 Å².